The minimum Gasteiger partial charge on any atom is -0.455 e. The Hall–Kier alpha value is -3.69. The van der Waals surface area contributed by atoms with Gasteiger partial charge in [-0.3, -0.25) is 14.4 Å². The van der Waals surface area contributed by atoms with Crippen LogP contribution in [-0.4, -0.2) is 28.7 Å². The van der Waals surface area contributed by atoms with Gasteiger partial charge in [0.05, 0.1) is 23.1 Å². The number of aromatic amines is 1. The predicted octanol–water partition coefficient (Wildman–Crippen LogP) is 2.67. The van der Waals surface area contributed by atoms with Crippen molar-refractivity contribution >= 4 is 28.3 Å². The Morgan fingerprint density at radius 3 is 2.34 bits per heavy atom. The number of hydrogen-bond acceptors (Lipinski definition) is 5. The number of carbonyl (C=O) groups excluding carboxylic acids is 2. The van der Waals surface area contributed by atoms with Crippen LogP contribution in [0.2, 0.25) is 0 Å². The lowest BCUT2D eigenvalue weighted by Crippen LogP contribution is -2.22. The maximum absolute atomic E-state index is 12.5. The van der Waals surface area contributed by atoms with Gasteiger partial charge in [0.25, 0.3) is 11.5 Å². The molecule has 7 nitrogen and oxygen atoms in total. The second kappa shape index (κ2) is 8.13. The van der Waals surface area contributed by atoms with Crippen LogP contribution in [0, 0.1) is 0 Å². The number of halogens is 3. The van der Waals surface area contributed by atoms with E-state index in [9.17, 15) is 27.6 Å². The molecule has 0 saturated carbocycles. The van der Waals surface area contributed by atoms with E-state index in [4.69, 9.17) is 4.74 Å². The summed E-state index contributed by atoms with van der Waals surface area (Å²) in [6.45, 7) is -0.624. The van der Waals surface area contributed by atoms with Gasteiger partial charge in [-0.25, -0.2) is 5.10 Å². The molecule has 1 aromatic heterocycles. The summed E-state index contributed by atoms with van der Waals surface area (Å²) in [5.74, 6) is -1.46. The Labute approximate surface area is 161 Å². The molecule has 0 fully saturated rings. The van der Waals surface area contributed by atoms with E-state index in [1.165, 1.54) is 0 Å². The van der Waals surface area contributed by atoms with Crippen LogP contribution in [0.25, 0.3) is 10.8 Å². The van der Waals surface area contributed by atoms with Gasteiger partial charge >= 0.3 is 12.1 Å². The molecule has 0 atom stereocenters. The van der Waals surface area contributed by atoms with Crippen LogP contribution in [0.3, 0.4) is 0 Å². The van der Waals surface area contributed by atoms with E-state index in [-0.39, 0.29) is 17.8 Å². The van der Waals surface area contributed by atoms with Gasteiger partial charge in [-0.05, 0) is 30.3 Å². The normalized spacial score (nSPS) is 11.3. The maximum atomic E-state index is 12.5. The third kappa shape index (κ3) is 4.98. The number of aromatic nitrogens is 2. The number of nitrogens with zero attached hydrogens (tertiary/aromatic N) is 1. The highest BCUT2D eigenvalue weighted by Crippen LogP contribution is 2.29. The molecule has 0 radical (unpaired) electrons. The minimum atomic E-state index is -4.47. The average molecular weight is 405 g/mol. The van der Waals surface area contributed by atoms with Crippen molar-refractivity contribution in [2.75, 3.05) is 11.9 Å². The van der Waals surface area contributed by atoms with Crippen molar-refractivity contribution in [1.29, 1.82) is 0 Å². The fourth-order valence-corrected chi connectivity index (χ4v) is 2.58. The molecular formula is C19H14F3N3O4. The molecule has 10 heteroatoms. The summed E-state index contributed by atoms with van der Waals surface area (Å²) >= 11 is 0. The summed E-state index contributed by atoms with van der Waals surface area (Å²) in [4.78, 5) is 35.6. The minimum absolute atomic E-state index is 0.132. The fraction of sp³-hybridized carbons (Fsp3) is 0.158. The van der Waals surface area contributed by atoms with Gasteiger partial charge in [0.15, 0.2) is 6.61 Å². The first-order valence-electron chi connectivity index (χ1n) is 8.33. The maximum Gasteiger partial charge on any atom is 0.416 e. The van der Waals surface area contributed by atoms with E-state index in [2.05, 4.69) is 15.5 Å². The summed E-state index contributed by atoms with van der Waals surface area (Å²) in [5.41, 5.74) is -0.822. The van der Waals surface area contributed by atoms with Gasteiger partial charge in [0, 0.05) is 11.1 Å². The van der Waals surface area contributed by atoms with Crippen LogP contribution in [-0.2, 0) is 26.9 Å². The Balaban J connectivity index is 1.56. The topological polar surface area (TPSA) is 101 Å². The number of amides is 1. The molecule has 0 aliphatic rings. The lowest BCUT2D eigenvalue weighted by molar-refractivity contribution is -0.146. The molecule has 29 heavy (non-hydrogen) atoms. The standard InChI is InChI=1S/C19H14F3N3O4/c20-19(21,22)11-5-7-12(8-6-11)23-16(26)10-29-17(27)9-15-13-3-1-2-4-14(13)18(28)25-24-15/h1-8H,9-10H2,(H,23,26)(H,25,28). The van der Waals surface area contributed by atoms with Crippen molar-refractivity contribution in [3.05, 3.63) is 70.1 Å². The quantitative estimate of drug-likeness (QED) is 0.636. The summed E-state index contributed by atoms with van der Waals surface area (Å²) < 4.78 is 42.4. The summed E-state index contributed by atoms with van der Waals surface area (Å²) in [6, 6.07) is 10.4. The Morgan fingerprint density at radius 1 is 1.03 bits per heavy atom. The van der Waals surface area contributed by atoms with Crippen LogP contribution in [0.5, 0.6) is 0 Å². The van der Waals surface area contributed by atoms with Crippen molar-refractivity contribution in [3.63, 3.8) is 0 Å². The third-order valence-corrected chi connectivity index (χ3v) is 3.95. The van der Waals surface area contributed by atoms with Gasteiger partial charge in [0.2, 0.25) is 0 Å². The number of rotatable bonds is 5. The zero-order chi connectivity index (χ0) is 21.0. The molecule has 1 heterocycles. The number of esters is 1. The first-order chi connectivity index (χ1) is 13.7. The molecule has 150 valence electrons. The van der Waals surface area contributed by atoms with Crippen LogP contribution in [0.1, 0.15) is 11.3 Å². The zero-order valence-electron chi connectivity index (χ0n) is 14.7. The van der Waals surface area contributed by atoms with E-state index in [1.54, 1.807) is 24.3 Å². The highest BCUT2D eigenvalue weighted by Gasteiger charge is 2.30. The first kappa shape index (κ1) is 20.1. The van der Waals surface area contributed by atoms with Crippen LogP contribution in [0.15, 0.2) is 53.3 Å². The van der Waals surface area contributed by atoms with Gasteiger partial charge in [-0.15, -0.1) is 0 Å². The van der Waals surface area contributed by atoms with E-state index in [0.29, 0.717) is 10.8 Å². The molecule has 2 aromatic carbocycles. The molecule has 0 saturated heterocycles. The molecule has 3 aromatic rings. The van der Waals surface area contributed by atoms with E-state index >= 15 is 0 Å². The number of alkyl halides is 3. The molecular weight excluding hydrogens is 391 g/mol. The largest absolute Gasteiger partial charge is 0.455 e. The highest BCUT2D eigenvalue weighted by molar-refractivity contribution is 5.93. The summed E-state index contributed by atoms with van der Waals surface area (Å²) in [7, 11) is 0. The van der Waals surface area contributed by atoms with Gasteiger partial charge in [-0.2, -0.15) is 18.3 Å². The second-order valence-electron chi connectivity index (χ2n) is 6.01. The second-order valence-corrected chi connectivity index (χ2v) is 6.01. The number of fused-ring (bicyclic) bond motifs is 1. The van der Waals surface area contributed by atoms with Crippen molar-refractivity contribution in [1.82, 2.24) is 10.2 Å². The third-order valence-electron chi connectivity index (χ3n) is 3.95. The lowest BCUT2D eigenvalue weighted by atomic mass is 10.1. The smallest absolute Gasteiger partial charge is 0.416 e. The van der Waals surface area contributed by atoms with E-state index in [0.717, 1.165) is 24.3 Å². The number of H-pyrrole nitrogens is 1. The number of carbonyl (C=O) groups is 2. The van der Waals surface area contributed by atoms with Crippen LogP contribution >= 0.6 is 0 Å². The molecule has 0 aliphatic carbocycles. The van der Waals surface area contributed by atoms with E-state index < -0.39 is 35.8 Å². The molecule has 0 spiro atoms. The molecule has 3 rings (SSSR count). The summed E-state index contributed by atoms with van der Waals surface area (Å²) in [5, 5.41) is 9.31. The van der Waals surface area contributed by atoms with Gasteiger partial charge < -0.3 is 10.1 Å². The Morgan fingerprint density at radius 2 is 1.69 bits per heavy atom. The SMILES string of the molecule is O=C(COC(=O)Cc1n[nH]c(=O)c2ccccc12)Nc1ccc(C(F)(F)F)cc1. The lowest BCUT2D eigenvalue weighted by Gasteiger charge is -2.09. The molecule has 0 unspecified atom stereocenters. The molecule has 0 aliphatic heterocycles. The number of hydrogen-bond donors (Lipinski definition) is 2. The number of ether oxygens (including phenoxy) is 1. The number of anilines is 1. The monoisotopic (exact) mass is 405 g/mol. The van der Waals surface area contributed by atoms with E-state index in [1.807, 2.05) is 0 Å². The highest BCUT2D eigenvalue weighted by atomic mass is 19.4. The molecule has 0 bridgehead atoms. The first-order valence-corrected chi connectivity index (χ1v) is 8.33. The fourth-order valence-electron chi connectivity index (χ4n) is 2.58. The Kier molecular flexibility index (Phi) is 5.62. The summed E-state index contributed by atoms with van der Waals surface area (Å²) in [6.07, 6.45) is -4.75. The number of nitrogens with one attached hydrogen (secondary N) is 2. The van der Waals surface area contributed by atoms with Gasteiger partial charge in [0.1, 0.15) is 0 Å². The van der Waals surface area contributed by atoms with Crippen LogP contribution < -0.4 is 10.9 Å². The average Bonchev–Trinajstić information content (AvgIpc) is 2.68. The van der Waals surface area contributed by atoms with Crippen molar-refractivity contribution in [2.24, 2.45) is 0 Å². The Bertz CT molecular complexity index is 1110. The molecule has 2 N–H and O–H groups in total. The van der Waals surface area contributed by atoms with Gasteiger partial charge in [-0.1, -0.05) is 18.2 Å². The van der Waals surface area contributed by atoms with Crippen LogP contribution in [0.4, 0.5) is 18.9 Å². The zero-order valence-corrected chi connectivity index (χ0v) is 14.7. The van der Waals surface area contributed by atoms with Crippen molar-refractivity contribution in [2.45, 2.75) is 12.6 Å². The molecule has 1 amide bonds. The number of benzene rings is 2. The van der Waals surface area contributed by atoms with Crippen molar-refractivity contribution < 1.29 is 27.5 Å². The predicted molar refractivity (Wildman–Crippen MR) is 97.1 cm³/mol. The van der Waals surface area contributed by atoms with Crippen molar-refractivity contribution in [3.8, 4) is 0 Å².